The highest BCUT2D eigenvalue weighted by Crippen LogP contribution is 2.28. The van der Waals surface area contributed by atoms with Gasteiger partial charge in [-0.25, -0.2) is 4.68 Å². The third-order valence-corrected chi connectivity index (χ3v) is 5.21. The van der Waals surface area contributed by atoms with Gasteiger partial charge in [-0.15, -0.1) is 0 Å². The zero-order chi connectivity index (χ0) is 20.2. The number of rotatable bonds is 4. The Morgan fingerprint density at radius 3 is 2.45 bits per heavy atom. The topological polar surface area (TPSA) is 61.9 Å². The summed E-state index contributed by atoms with van der Waals surface area (Å²) in [6.07, 6.45) is 5.54. The van der Waals surface area contributed by atoms with Crippen molar-refractivity contribution in [3.05, 3.63) is 77.5 Å². The molecule has 0 radical (unpaired) electrons. The summed E-state index contributed by atoms with van der Waals surface area (Å²) in [4.78, 5) is 14.5. The predicted octanol–water partition coefficient (Wildman–Crippen LogP) is 4.38. The Morgan fingerprint density at radius 2 is 1.76 bits per heavy atom. The molecule has 1 aromatic heterocycles. The van der Waals surface area contributed by atoms with Crippen molar-refractivity contribution < 1.29 is 4.79 Å². The van der Waals surface area contributed by atoms with Gasteiger partial charge in [-0.3, -0.25) is 4.79 Å². The van der Waals surface area contributed by atoms with Crippen LogP contribution in [-0.2, 0) is 4.79 Å². The Bertz CT molecular complexity index is 1100. The lowest BCUT2D eigenvalue weighted by Crippen LogP contribution is -2.28. The van der Waals surface area contributed by atoms with E-state index >= 15 is 0 Å². The second kappa shape index (κ2) is 8.15. The van der Waals surface area contributed by atoms with Crippen LogP contribution in [0.25, 0.3) is 23.0 Å². The first-order valence-electron chi connectivity index (χ1n) is 9.79. The Balaban J connectivity index is 1.82. The molecule has 5 heteroatoms. The van der Waals surface area contributed by atoms with Crippen LogP contribution in [0.3, 0.4) is 0 Å². The first kappa shape index (κ1) is 18.7. The number of amides is 1. The van der Waals surface area contributed by atoms with E-state index in [-0.39, 0.29) is 11.5 Å². The number of aromatic nitrogens is 2. The van der Waals surface area contributed by atoms with Gasteiger partial charge in [0.1, 0.15) is 17.3 Å². The second-order valence-electron chi connectivity index (χ2n) is 7.20. The summed E-state index contributed by atoms with van der Waals surface area (Å²) < 4.78 is 1.79. The molecule has 0 spiro atoms. The molecule has 2 aromatic carbocycles. The maximum absolute atomic E-state index is 12.8. The first-order chi connectivity index (χ1) is 14.2. The molecule has 144 valence electrons. The highest BCUT2D eigenvalue weighted by Gasteiger charge is 2.22. The van der Waals surface area contributed by atoms with Crippen molar-refractivity contribution >= 4 is 12.0 Å². The van der Waals surface area contributed by atoms with Crippen molar-refractivity contribution in [2.45, 2.75) is 19.8 Å². The number of para-hydroxylation sites is 1. The average Bonchev–Trinajstić information content (AvgIpc) is 3.43. The Labute approximate surface area is 170 Å². The molecule has 0 aliphatic carbocycles. The third-order valence-electron chi connectivity index (χ3n) is 5.21. The van der Waals surface area contributed by atoms with Crippen LogP contribution in [0.5, 0.6) is 0 Å². The molecule has 1 saturated heterocycles. The van der Waals surface area contributed by atoms with Gasteiger partial charge in [-0.2, -0.15) is 10.4 Å². The van der Waals surface area contributed by atoms with Crippen LogP contribution in [-0.4, -0.2) is 33.7 Å². The number of benzene rings is 2. The van der Waals surface area contributed by atoms with Crippen LogP contribution < -0.4 is 0 Å². The SMILES string of the molecule is Cc1ccccc1-c1nn(-c2ccccc2)cc1/C=C(\C#N)C(=O)N1CCCC1. The van der Waals surface area contributed by atoms with E-state index in [1.165, 1.54) is 0 Å². The number of hydrogen-bond donors (Lipinski definition) is 0. The number of nitrogens with zero attached hydrogens (tertiary/aromatic N) is 4. The zero-order valence-corrected chi connectivity index (χ0v) is 16.4. The monoisotopic (exact) mass is 382 g/mol. The lowest BCUT2D eigenvalue weighted by molar-refractivity contribution is -0.125. The highest BCUT2D eigenvalue weighted by atomic mass is 16.2. The summed E-state index contributed by atoms with van der Waals surface area (Å²) in [5.41, 5.74) is 4.66. The van der Waals surface area contributed by atoms with Crippen molar-refractivity contribution in [3.63, 3.8) is 0 Å². The molecular formula is C24H22N4O. The molecule has 1 aliphatic heterocycles. The molecular weight excluding hydrogens is 360 g/mol. The normalized spacial score (nSPS) is 14.1. The zero-order valence-electron chi connectivity index (χ0n) is 16.4. The number of hydrogen-bond acceptors (Lipinski definition) is 3. The Morgan fingerprint density at radius 1 is 1.07 bits per heavy atom. The van der Waals surface area contributed by atoms with Gasteiger partial charge in [-0.1, -0.05) is 42.5 Å². The van der Waals surface area contributed by atoms with E-state index in [0.29, 0.717) is 13.1 Å². The summed E-state index contributed by atoms with van der Waals surface area (Å²) in [5, 5.41) is 14.5. The van der Waals surface area contributed by atoms with Crippen LogP contribution in [0, 0.1) is 18.3 Å². The van der Waals surface area contributed by atoms with Gasteiger partial charge in [0.2, 0.25) is 0 Å². The van der Waals surface area contributed by atoms with Gasteiger partial charge in [0, 0.05) is 30.4 Å². The van der Waals surface area contributed by atoms with E-state index in [2.05, 4.69) is 6.07 Å². The van der Waals surface area contributed by atoms with Crippen molar-refractivity contribution in [1.29, 1.82) is 5.26 Å². The fourth-order valence-corrected chi connectivity index (χ4v) is 3.64. The maximum atomic E-state index is 12.8. The van der Waals surface area contributed by atoms with Crippen LogP contribution in [0.2, 0.25) is 0 Å². The Kier molecular flexibility index (Phi) is 5.26. The lowest BCUT2D eigenvalue weighted by atomic mass is 10.0. The van der Waals surface area contributed by atoms with Crippen molar-refractivity contribution in [2.75, 3.05) is 13.1 Å². The van der Waals surface area contributed by atoms with Gasteiger partial charge in [0.15, 0.2) is 0 Å². The maximum Gasteiger partial charge on any atom is 0.264 e. The quantitative estimate of drug-likeness (QED) is 0.497. The summed E-state index contributed by atoms with van der Waals surface area (Å²) in [6.45, 7) is 3.46. The average molecular weight is 382 g/mol. The minimum Gasteiger partial charge on any atom is -0.338 e. The van der Waals surface area contributed by atoms with Crippen LogP contribution >= 0.6 is 0 Å². The molecule has 2 heterocycles. The largest absolute Gasteiger partial charge is 0.338 e. The lowest BCUT2D eigenvalue weighted by Gasteiger charge is -2.14. The molecule has 1 amide bonds. The fourth-order valence-electron chi connectivity index (χ4n) is 3.64. The Hall–Kier alpha value is -3.65. The van der Waals surface area contributed by atoms with Crippen LogP contribution in [0.15, 0.2) is 66.4 Å². The minimum absolute atomic E-state index is 0.148. The smallest absolute Gasteiger partial charge is 0.264 e. The fraction of sp³-hybridized carbons (Fsp3) is 0.208. The molecule has 4 rings (SSSR count). The van der Waals surface area contributed by atoms with Gasteiger partial charge in [0.05, 0.1) is 5.69 Å². The molecule has 3 aromatic rings. The third kappa shape index (κ3) is 3.83. The molecule has 0 bridgehead atoms. The molecule has 0 unspecified atom stereocenters. The van der Waals surface area contributed by atoms with Gasteiger partial charge in [-0.05, 0) is 43.5 Å². The number of nitriles is 1. The van der Waals surface area contributed by atoms with Crippen LogP contribution in [0.4, 0.5) is 0 Å². The second-order valence-corrected chi connectivity index (χ2v) is 7.20. The number of likely N-dealkylation sites (tertiary alicyclic amines) is 1. The van der Waals surface area contributed by atoms with E-state index in [0.717, 1.165) is 40.9 Å². The molecule has 0 N–H and O–H groups in total. The van der Waals surface area contributed by atoms with Crippen molar-refractivity contribution in [1.82, 2.24) is 14.7 Å². The summed E-state index contributed by atoms with van der Waals surface area (Å²) >= 11 is 0. The van der Waals surface area contributed by atoms with E-state index in [1.807, 2.05) is 67.7 Å². The summed E-state index contributed by atoms with van der Waals surface area (Å²) in [6, 6.07) is 19.9. The van der Waals surface area contributed by atoms with E-state index in [1.54, 1.807) is 15.7 Å². The van der Waals surface area contributed by atoms with E-state index in [9.17, 15) is 10.1 Å². The summed E-state index contributed by atoms with van der Waals surface area (Å²) in [7, 11) is 0. The first-order valence-corrected chi connectivity index (χ1v) is 9.79. The molecule has 1 aliphatic rings. The number of carbonyl (C=O) groups is 1. The number of carbonyl (C=O) groups excluding carboxylic acids is 1. The minimum atomic E-state index is -0.201. The summed E-state index contributed by atoms with van der Waals surface area (Å²) in [5.74, 6) is -0.201. The number of aryl methyl sites for hydroxylation is 1. The van der Waals surface area contributed by atoms with Crippen molar-refractivity contribution in [2.24, 2.45) is 0 Å². The molecule has 0 saturated carbocycles. The van der Waals surface area contributed by atoms with Gasteiger partial charge < -0.3 is 4.90 Å². The molecule has 29 heavy (non-hydrogen) atoms. The van der Waals surface area contributed by atoms with Gasteiger partial charge in [0.25, 0.3) is 5.91 Å². The van der Waals surface area contributed by atoms with E-state index < -0.39 is 0 Å². The van der Waals surface area contributed by atoms with Gasteiger partial charge >= 0.3 is 0 Å². The molecule has 1 fully saturated rings. The predicted molar refractivity (Wildman–Crippen MR) is 113 cm³/mol. The van der Waals surface area contributed by atoms with Crippen LogP contribution in [0.1, 0.15) is 24.0 Å². The van der Waals surface area contributed by atoms with Crippen molar-refractivity contribution in [3.8, 4) is 23.0 Å². The molecule has 0 atom stereocenters. The highest BCUT2D eigenvalue weighted by molar-refractivity contribution is 6.02. The van der Waals surface area contributed by atoms with E-state index in [4.69, 9.17) is 5.10 Å². The standard InChI is InChI=1S/C24H22N4O/c1-18-9-5-6-12-22(18)23-20(17-28(26-23)21-10-3-2-4-11-21)15-19(16-25)24(29)27-13-7-8-14-27/h2-6,9-12,15,17H,7-8,13-14H2,1H3/b19-15+. The molecule has 5 nitrogen and oxygen atoms in total.